The highest BCUT2D eigenvalue weighted by molar-refractivity contribution is 9.10. The lowest BCUT2D eigenvalue weighted by Gasteiger charge is -2.19. The Kier molecular flexibility index (Phi) is 6.12. The molecule has 0 saturated carbocycles. The van der Waals surface area contributed by atoms with Crippen LogP contribution >= 0.6 is 15.9 Å². The molecule has 2 N–H and O–H groups in total. The molecule has 1 aromatic carbocycles. The highest BCUT2D eigenvalue weighted by Crippen LogP contribution is 2.34. The first-order valence-corrected chi connectivity index (χ1v) is 7.39. The van der Waals surface area contributed by atoms with Gasteiger partial charge in [0.25, 0.3) is 0 Å². The number of nitrogens with zero attached hydrogens (tertiary/aromatic N) is 2. The van der Waals surface area contributed by atoms with Crippen molar-refractivity contribution < 1.29 is 9.66 Å². The fourth-order valence-electron chi connectivity index (χ4n) is 1.91. The predicted molar refractivity (Wildman–Crippen MR) is 83.1 cm³/mol. The summed E-state index contributed by atoms with van der Waals surface area (Å²) in [6, 6.07) is 5.26. The molecule has 0 fully saturated rings. The van der Waals surface area contributed by atoms with Crippen LogP contribution in [0.15, 0.2) is 16.6 Å². The summed E-state index contributed by atoms with van der Waals surface area (Å²) in [5.74, 6) is 0.263. The average molecular weight is 356 g/mol. The minimum absolute atomic E-state index is 0.0725. The summed E-state index contributed by atoms with van der Waals surface area (Å²) in [5, 5.41) is 20.0. The van der Waals surface area contributed by atoms with E-state index in [0.717, 1.165) is 0 Å². The topological polar surface area (TPSA) is 102 Å². The molecule has 0 saturated heterocycles. The Morgan fingerprint density at radius 3 is 2.76 bits per heavy atom. The molecule has 0 bridgehead atoms. The van der Waals surface area contributed by atoms with Crippen LogP contribution < -0.4 is 10.5 Å². The van der Waals surface area contributed by atoms with Gasteiger partial charge in [0.2, 0.25) is 0 Å². The van der Waals surface area contributed by atoms with Gasteiger partial charge in [-0.05, 0) is 37.8 Å². The van der Waals surface area contributed by atoms with Crippen LogP contribution in [-0.4, -0.2) is 17.1 Å². The first-order chi connectivity index (χ1) is 9.83. The fourth-order valence-corrected chi connectivity index (χ4v) is 2.47. The van der Waals surface area contributed by atoms with Crippen molar-refractivity contribution in [2.75, 3.05) is 6.61 Å². The van der Waals surface area contributed by atoms with Crippen LogP contribution in [0.4, 0.5) is 5.69 Å². The Labute approximate surface area is 132 Å². The quantitative estimate of drug-likeness (QED) is 0.458. The van der Waals surface area contributed by atoms with Gasteiger partial charge in [0.15, 0.2) is 5.75 Å². The molecule has 1 rings (SSSR count). The Morgan fingerprint density at radius 1 is 1.57 bits per heavy atom. The number of rotatable bonds is 7. The van der Waals surface area contributed by atoms with Crippen molar-refractivity contribution in [2.45, 2.75) is 38.6 Å². The van der Waals surface area contributed by atoms with Crippen molar-refractivity contribution in [2.24, 2.45) is 5.73 Å². The van der Waals surface area contributed by atoms with Crippen LogP contribution in [-0.2, 0) is 0 Å². The molecule has 0 heterocycles. The predicted octanol–water partition coefficient (Wildman–Crippen LogP) is 3.46. The van der Waals surface area contributed by atoms with E-state index >= 15 is 0 Å². The van der Waals surface area contributed by atoms with Gasteiger partial charge in [-0.1, -0.05) is 22.9 Å². The summed E-state index contributed by atoms with van der Waals surface area (Å²) in [4.78, 5) is 10.6. The summed E-state index contributed by atoms with van der Waals surface area (Å²) < 4.78 is 6.18. The van der Waals surface area contributed by atoms with Crippen molar-refractivity contribution in [1.82, 2.24) is 0 Å². The van der Waals surface area contributed by atoms with Crippen molar-refractivity contribution in [3.63, 3.8) is 0 Å². The summed E-state index contributed by atoms with van der Waals surface area (Å²) in [5.41, 5.74) is 5.63. The number of nitriles is 1. The van der Waals surface area contributed by atoms with Crippen LogP contribution in [0, 0.1) is 28.4 Å². The molecule has 6 nitrogen and oxygen atoms in total. The third-order valence-electron chi connectivity index (χ3n) is 3.28. The smallest absolute Gasteiger partial charge is 0.312 e. The van der Waals surface area contributed by atoms with Gasteiger partial charge in [0, 0.05) is 10.5 Å². The van der Waals surface area contributed by atoms with E-state index in [0.29, 0.717) is 29.3 Å². The van der Waals surface area contributed by atoms with E-state index in [9.17, 15) is 10.1 Å². The summed E-state index contributed by atoms with van der Waals surface area (Å²) >= 11 is 3.23. The molecule has 1 atom stereocenters. The zero-order valence-corrected chi connectivity index (χ0v) is 13.6. The lowest BCUT2D eigenvalue weighted by Crippen LogP contribution is -2.37. The van der Waals surface area contributed by atoms with Crippen LogP contribution in [0.3, 0.4) is 0 Å². The summed E-state index contributed by atoms with van der Waals surface area (Å²) in [7, 11) is 0. The maximum atomic E-state index is 11.1. The Hall–Kier alpha value is -1.65. The van der Waals surface area contributed by atoms with Gasteiger partial charge >= 0.3 is 5.69 Å². The molecule has 0 aromatic heterocycles. The van der Waals surface area contributed by atoms with E-state index in [2.05, 4.69) is 22.0 Å². The van der Waals surface area contributed by atoms with E-state index in [1.165, 1.54) is 6.07 Å². The molecule has 1 aromatic rings. The molecular weight excluding hydrogens is 338 g/mol. The van der Waals surface area contributed by atoms with E-state index in [-0.39, 0.29) is 18.0 Å². The number of nitro benzene ring substituents is 1. The SMILES string of the molecule is CCC(N)(C#N)CCCOc1c(C)cc(Br)cc1[N+](=O)[O-]. The van der Waals surface area contributed by atoms with Gasteiger partial charge in [0.1, 0.15) is 5.54 Å². The average Bonchev–Trinajstić information content (AvgIpc) is 2.44. The van der Waals surface area contributed by atoms with Crippen LogP contribution in [0.1, 0.15) is 31.7 Å². The number of nitrogens with two attached hydrogens (primary N) is 1. The van der Waals surface area contributed by atoms with Gasteiger partial charge in [-0.2, -0.15) is 5.26 Å². The number of halogens is 1. The van der Waals surface area contributed by atoms with E-state index < -0.39 is 10.5 Å². The second-order valence-electron chi connectivity index (χ2n) is 4.90. The number of ether oxygens (including phenoxy) is 1. The first kappa shape index (κ1) is 17.4. The highest BCUT2D eigenvalue weighted by atomic mass is 79.9. The van der Waals surface area contributed by atoms with Crippen molar-refractivity contribution in [1.29, 1.82) is 5.26 Å². The summed E-state index contributed by atoms with van der Waals surface area (Å²) in [6.07, 6.45) is 1.61. The van der Waals surface area contributed by atoms with Gasteiger partial charge < -0.3 is 10.5 Å². The van der Waals surface area contributed by atoms with Crippen LogP contribution in [0.5, 0.6) is 5.75 Å². The van der Waals surface area contributed by atoms with Crippen molar-refractivity contribution in [3.05, 3.63) is 32.3 Å². The van der Waals surface area contributed by atoms with Crippen LogP contribution in [0.2, 0.25) is 0 Å². The van der Waals surface area contributed by atoms with Crippen LogP contribution in [0.25, 0.3) is 0 Å². The largest absolute Gasteiger partial charge is 0.487 e. The molecule has 0 amide bonds. The first-order valence-electron chi connectivity index (χ1n) is 6.60. The third kappa shape index (κ3) is 4.69. The maximum Gasteiger partial charge on any atom is 0.312 e. The molecule has 7 heteroatoms. The molecule has 0 spiro atoms. The highest BCUT2D eigenvalue weighted by Gasteiger charge is 2.22. The molecule has 0 aliphatic heterocycles. The summed E-state index contributed by atoms with van der Waals surface area (Å²) in [6.45, 7) is 3.89. The zero-order valence-electron chi connectivity index (χ0n) is 12.1. The molecule has 21 heavy (non-hydrogen) atoms. The number of nitro groups is 1. The molecule has 0 aliphatic carbocycles. The second kappa shape index (κ2) is 7.38. The van der Waals surface area contributed by atoms with Crippen molar-refractivity contribution >= 4 is 21.6 Å². The molecule has 0 radical (unpaired) electrons. The Bertz CT molecular complexity index is 571. The number of aryl methyl sites for hydroxylation is 1. The Balaban J connectivity index is 2.73. The third-order valence-corrected chi connectivity index (χ3v) is 3.74. The van der Waals surface area contributed by atoms with Gasteiger partial charge in [-0.3, -0.25) is 10.1 Å². The van der Waals surface area contributed by atoms with Gasteiger partial charge in [0.05, 0.1) is 17.6 Å². The van der Waals surface area contributed by atoms with Crippen molar-refractivity contribution in [3.8, 4) is 11.8 Å². The Morgan fingerprint density at radius 2 is 2.24 bits per heavy atom. The second-order valence-corrected chi connectivity index (χ2v) is 5.82. The lowest BCUT2D eigenvalue weighted by molar-refractivity contribution is -0.386. The molecular formula is C14H18BrN3O3. The fraction of sp³-hybridized carbons (Fsp3) is 0.500. The van der Waals surface area contributed by atoms with Gasteiger partial charge in [-0.25, -0.2) is 0 Å². The maximum absolute atomic E-state index is 11.1. The van der Waals surface area contributed by atoms with E-state index in [1.807, 2.05) is 6.92 Å². The number of hydrogen-bond donors (Lipinski definition) is 1. The normalized spacial score (nSPS) is 13.3. The minimum Gasteiger partial charge on any atom is -0.487 e. The number of benzene rings is 1. The standard InChI is InChI=1S/C14H18BrN3O3/c1-3-14(17,9-16)5-4-6-21-13-10(2)7-11(15)8-12(13)18(19)20/h7-8H,3-6,17H2,1-2H3. The van der Waals surface area contributed by atoms with Gasteiger partial charge in [-0.15, -0.1) is 0 Å². The monoisotopic (exact) mass is 355 g/mol. The molecule has 114 valence electrons. The molecule has 0 aliphatic rings. The lowest BCUT2D eigenvalue weighted by atomic mass is 9.94. The van der Waals surface area contributed by atoms with E-state index in [1.54, 1.807) is 13.0 Å². The minimum atomic E-state index is -0.857. The zero-order chi connectivity index (χ0) is 16.0. The molecule has 1 unspecified atom stereocenters. The number of hydrogen-bond acceptors (Lipinski definition) is 5. The van der Waals surface area contributed by atoms with E-state index in [4.69, 9.17) is 15.7 Å².